The van der Waals surface area contributed by atoms with E-state index >= 15 is 0 Å². The van der Waals surface area contributed by atoms with Crippen LogP contribution in [-0.4, -0.2) is 23.5 Å². The number of nitrogens with zero attached hydrogens (tertiary/aromatic N) is 1. The van der Waals surface area contributed by atoms with E-state index in [0.717, 1.165) is 10.1 Å². The minimum absolute atomic E-state index is 0.157. The van der Waals surface area contributed by atoms with Crippen molar-refractivity contribution in [3.63, 3.8) is 0 Å². The highest BCUT2D eigenvalue weighted by atomic mass is 35.5. The summed E-state index contributed by atoms with van der Waals surface area (Å²) in [6, 6.07) is 10.6. The van der Waals surface area contributed by atoms with E-state index in [1.54, 1.807) is 12.1 Å². The molecular formula is C16H10Cl2N2O3S. The quantitative estimate of drug-likeness (QED) is 0.537. The normalized spacial score (nSPS) is 10.6. The average Bonchev–Trinajstić information content (AvgIpc) is 2.92. The number of rotatable bonds is 4. The van der Waals surface area contributed by atoms with Crippen molar-refractivity contribution in [2.24, 2.45) is 0 Å². The van der Waals surface area contributed by atoms with Gasteiger partial charge in [0.05, 0.1) is 10.7 Å². The summed E-state index contributed by atoms with van der Waals surface area (Å²) in [6.45, 7) is -0.450. The smallest absolute Gasteiger partial charge is 0.350 e. The largest absolute Gasteiger partial charge is 0.451 e. The summed E-state index contributed by atoms with van der Waals surface area (Å²) >= 11 is 13.3. The van der Waals surface area contributed by atoms with Crippen LogP contribution in [0, 0.1) is 0 Å². The molecule has 0 saturated carbocycles. The Balaban J connectivity index is 1.65. The molecule has 122 valence electrons. The van der Waals surface area contributed by atoms with E-state index in [9.17, 15) is 9.59 Å². The SMILES string of the molecule is O=C(COC(=O)c1sc2ccccc2c1Cl)Nc1cccnc1Cl. The molecule has 0 radical (unpaired) electrons. The Morgan fingerprint density at radius 1 is 1.17 bits per heavy atom. The topological polar surface area (TPSA) is 68.3 Å². The van der Waals surface area contributed by atoms with Gasteiger partial charge in [-0.2, -0.15) is 0 Å². The first-order valence-electron chi connectivity index (χ1n) is 6.81. The van der Waals surface area contributed by atoms with Crippen LogP contribution >= 0.6 is 34.5 Å². The highest BCUT2D eigenvalue weighted by Crippen LogP contribution is 2.35. The Morgan fingerprint density at radius 2 is 1.96 bits per heavy atom. The zero-order valence-corrected chi connectivity index (χ0v) is 14.4. The molecule has 1 aromatic carbocycles. The lowest BCUT2D eigenvalue weighted by Crippen LogP contribution is -2.21. The van der Waals surface area contributed by atoms with Gasteiger partial charge in [-0.25, -0.2) is 9.78 Å². The number of ether oxygens (including phenoxy) is 1. The second-order valence-electron chi connectivity index (χ2n) is 4.71. The Morgan fingerprint density at radius 3 is 2.71 bits per heavy atom. The number of amides is 1. The van der Waals surface area contributed by atoms with Crippen molar-refractivity contribution in [2.45, 2.75) is 0 Å². The fourth-order valence-electron chi connectivity index (χ4n) is 2.01. The van der Waals surface area contributed by atoms with Crippen LogP contribution in [0.2, 0.25) is 10.2 Å². The lowest BCUT2D eigenvalue weighted by Gasteiger charge is -2.06. The Labute approximate surface area is 151 Å². The fraction of sp³-hybridized carbons (Fsp3) is 0.0625. The first kappa shape index (κ1) is 16.7. The molecule has 0 unspecified atom stereocenters. The standard InChI is InChI=1S/C16H10Cl2N2O3S/c17-13-9-4-1-2-6-11(9)24-14(13)16(22)23-8-12(21)20-10-5-3-7-19-15(10)18/h1-7H,8H2,(H,20,21). The number of carbonyl (C=O) groups is 2. The third-order valence-corrected chi connectivity index (χ3v) is 5.04. The number of hydrogen-bond acceptors (Lipinski definition) is 5. The van der Waals surface area contributed by atoms with Crippen LogP contribution in [0.15, 0.2) is 42.6 Å². The molecule has 0 bridgehead atoms. The first-order chi connectivity index (χ1) is 11.6. The van der Waals surface area contributed by atoms with Gasteiger partial charge < -0.3 is 10.1 Å². The van der Waals surface area contributed by atoms with Gasteiger partial charge in [0.1, 0.15) is 4.88 Å². The minimum Gasteiger partial charge on any atom is -0.451 e. The van der Waals surface area contributed by atoms with Crippen LogP contribution in [0.25, 0.3) is 10.1 Å². The van der Waals surface area contributed by atoms with Crippen LogP contribution < -0.4 is 5.32 Å². The van der Waals surface area contributed by atoms with Gasteiger partial charge in [-0.15, -0.1) is 11.3 Å². The van der Waals surface area contributed by atoms with Crippen LogP contribution in [-0.2, 0) is 9.53 Å². The maximum absolute atomic E-state index is 12.1. The van der Waals surface area contributed by atoms with Crippen molar-refractivity contribution in [3.8, 4) is 0 Å². The van der Waals surface area contributed by atoms with Gasteiger partial charge in [0.25, 0.3) is 5.91 Å². The van der Waals surface area contributed by atoms with E-state index in [4.69, 9.17) is 27.9 Å². The van der Waals surface area contributed by atoms with Crippen molar-refractivity contribution in [2.75, 3.05) is 11.9 Å². The molecule has 0 atom stereocenters. The number of halogens is 2. The summed E-state index contributed by atoms with van der Waals surface area (Å²) in [6.07, 6.45) is 1.50. The predicted molar refractivity (Wildman–Crippen MR) is 95.0 cm³/mol. The number of hydrogen-bond donors (Lipinski definition) is 1. The second kappa shape index (κ2) is 7.17. The van der Waals surface area contributed by atoms with Crippen molar-refractivity contribution >= 4 is 62.2 Å². The number of pyridine rings is 1. The number of benzene rings is 1. The maximum Gasteiger partial charge on any atom is 0.350 e. The number of nitrogens with one attached hydrogen (secondary N) is 1. The van der Waals surface area contributed by atoms with E-state index in [0.29, 0.717) is 10.7 Å². The monoisotopic (exact) mass is 380 g/mol. The molecule has 8 heteroatoms. The Bertz CT molecular complexity index is 927. The summed E-state index contributed by atoms with van der Waals surface area (Å²) < 4.78 is 5.90. The molecular weight excluding hydrogens is 371 g/mol. The number of esters is 1. The molecule has 24 heavy (non-hydrogen) atoms. The highest BCUT2D eigenvalue weighted by molar-refractivity contribution is 7.21. The van der Waals surface area contributed by atoms with Gasteiger partial charge in [0.2, 0.25) is 0 Å². The fourth-order valence-corrected chi connectivity index (χ4v) is 3.58. The number of fused-ring (bicyclic) bond motifs is 1. The third kappa shape index (κ3) is 3.51. The van der Waals surface area contributed by atoms with E-state index in [-0.39, 0.29) is 10.0 Å². The van der Waals surface area contributed by atoms with Gasteiger partial charge >= 0.3 is 5.97 Å². The number of carbonyl (C=O) groups excluding carboxylic acids is 2. The average molecular weight is 381 g/mol. The maximum atomic E-state index is 12.1. The molecule has 5 nitrogen and oxygen atoms in total. The third-order valence-electron chi connectivity index (χ3n) is 3.09. The van der Waals surface area contributed by atoms with E-state index in [1.807, 2.05) is 24.3 Å². The molecule has 0 aliphatic heterocycles. The molecule has 3 rings (SSSR count). The lowest BCUT2D eigenvalue weighted by molar-refractivity contribution is -0.119. The number of thiophene rings is 1. The highest BCUT2D eigenvalue weighted by Gasteiger charge is 2.19. The lowest BCUT2D eigenvalue weighted by atomic mass is 10.2. The molecule has 0 aliphatic carbocycles. The molecule has 3 aromatic rings. The van der Waals surface area contributed by atoms with Crippen LogP contribution in [0.4, 0.5) is 5.69 Å². The summed E-state index contributed by atoms with van der Waals surface area (Å²) in [7, 11) is 0. The summed E-state index contributed by atoms with van der Waals surface area (Å²) in [5, 5.41) is 3.79. The van der Waals surface area contributed by atoms with Gasteiger partial charge in [-0.1, -0.05) is 41.4 Å². The molecule has 1 N–H and O–H groups in total. The van der Waals surface area contributed by atoms with Gasteiger partial charge in [0.15, 0.2) is 11.8 Å². The number of aromatic nitrogens is 1. The zero-order chi connectivity index (χ0) is 17.1. The molecule has 0 aliphatic rings. The van der Waals surface area contributed by atoms with Crippen molar-refractivity contribution < 1.29 is 14.3 Å². The molecule has 2 heterocycles. The Kier molecular flexibility index (Phi) is 4.99. The number of anilines is 1. The minimum atomic E-state index is -0.645. The van der Waals surface area contributed by atoms with E-state index in [2.05, 4.69) is 10.3 Å². The van der Waals surface area contributed by atoms with Gasteiger partial charge in [-0.05, 0) is 18.2 Å². The van der Waals surface area contributed by atoms with E-state index in [1.165, 1.54) is 17.5 Å². The zero-order valence-electron chi connectivity index (χ0n) is 12.1. The first-order valence-corrected chi connectivity index (χ1v) is 8.38. The molecule has 2 aromatic heterocycles. The van der Waals surface area contributed by atoms with Crippen molar-refractivity contribution in [3.05, 3.63) is 57.6 Å². The molecule has 0 saturated heterocycles. The predicted octanol–water partition coefficient (Wildman–Crippen LogP) is 4.40. The second-order valence-corrected chi connectivity index (χ2v) is 6.50. The van der Waals surface area contributed by atoms with E-state index < -0.39 is 18.5 Å². The van der Waals surface area contributed by atoms with Gasteiger partial charge in [-0.3, -0.25) is 4.79 Å². The van der Waals surface area contributed by atoms with Crippen LogP contribution in [0.1, 0.15) is 9.67 Å². The van der Waals surface area contributed by atoms with Crippen LogP contribution in [0.3, 0.4) is 0 Å². The summed E-state index contributed by atoms with van der Waals surface area (Å²) in [4.78, 5) is 28.1. The summed E-state index contributed by atoms with van der Waals surface area (Å²) in [5.41, 5.74) is 0.347. The Hall–Kier alpha value is -2.15. The van der Waals surface area contributed by atoms with Crippen LogP contribution in [0.5, 0.6) is 0 Å². The van der Waals surface area contributed by atoms with Crippen molar-refractivity contribution in [1.82, 2.24) is 4.98 Å². The van der Waals surface area contributed by atoms with Gasteiger partial charge in [0, 0.05) is 16.3 Å². The van der Waals surface area contributed by atoms with Crippen molar-refractivity contribution in [1.29, 1.82) is 0 Å². The molecule has 0 spiro atoms. The molecule has 0 fully saturated rings. The summed E-state index contributed by atoms with van der Waals surface area (Å²) in [5.74, 6) is -1.16. The molecule has 1 amide bonds.